The van der Waals surface area contributed by atoms with Crippen LogP contribution < -0.4 is 5.32 Å². The summed E-state index contributed by atoms with van der Waals surface area (Å²) in [4.78, 5) is 0. The molecule has 2 rings (SSSR count). The molecule has 21 heavy (non-hydrogen) atoms. The van der Waals surface area contributed by atoms with E-state index in [-0.39, 0.29) is 5.60 Å². The highest BCUT2D eigenvalue weighted by atomic mass is 16.5. The van der Waals surface area contributed by atoms with Crippen molar-refractivity contribution in [2.45, 2.75) is 104 Å². The third-order valence-electron chi connectivity index (χ3n) is 5.67. The predicted octanol–water partition coefficient (Wildman–Crippen LogP) is 4.92. The summed E-state index contributed by atoms with van der Waals surface area (Å²) in [6, 6.07) is 0.550. The van der Waals surface area contributed by atoms with Crippen molar-refractivity contribution < 1.29 is 4.74 Å². The lowest BCUT2D eigenvalue weighted by Crippen LogP contribution is -2.50. The average Bonchev–Trinajstić information content (AvgIpc) is 2.89. The quantitative estimate of drug-likeness (QED) is 0.777. The summed E-state index contributed by atoms with van der Waals surface area (Å²) in [6.07, 6.45) is 11.0. The molecule has 0 heterocycles. The first-order valence-electron chi connectivity index (χ1n) is 9.22. The van der Waals surface area contributed by atoms with Gasteiger partial charge in [-0.25, -0.2) is 0 Å². The zero-order valence-corrected chi connectivity index (χ0v) is 15.0. The second-order valence-corrected chi connectivity index (χ2v) is 8.88. The van der Waals surface area contributed by atoms with Crippen molar-refractivity contribution in [2.75, 3.05) is 6.54 Å². The molecule has 0 spiro atoms. The van der Waals surface area contributed by atoms with Crippen molar-refractivity contribution in [3.63, 3.8) is 0 Å². The zero-order valence-electron chi connectivity index (χ0n) is 15.0. The standard InChI is InChI=1S/C19H37NO/c1-15(2)20-14-19(21-17-8-6-7-9-17)12-10-16(11-13-19)18(3,4)5/h15-17,20H,6-14H2,1-5H3. The van der Waals surface area contributed by atoms with Crippen LogP contribution in [-0.2, 0) is 4.74 Å². The van der Waals surface area contributed by atoms with Crippen LogP contribution in [0.2, 0.25) is 0 Å². The van der Waals surface area contributed by atoms with Crippen molar-refractivity contribution in [3.8, 4) is 0 Å². The van der Waals surface area contributed by atoms with Crippen molar-refractivity contribution in [2.24, 2.45) is 11.3 Å². The highest BCUT2D eigenvalue weighted by Gasteiger charge is 2.41. The Bertz CT molecular complexity index is 304. The van der Waals surface area contributed by atoms with Gasteiger partial charge in [0.05, 0.1) is 11.7 Å². The van der Waals surface area contributed by atoms with Gasteiger partial charge < -0.3 is 10.1 Å². The monoisotopic (exact) mass is 295 g/mol. The van der Waals surface area contributed by atoms with Crippen molar-refractivity contribution in [3.05, 3.63) is 0 Å². The highest BCUT2D eigenvalue weighted by molar-refractivity contribution is 4.93. The van der Waals surface area contributed by atoms with E-state index in [1.54, 1.807) is 0 Å². The summed E-state index contributed by atoms with van der Waals surface area (Å²) >= 11 is 0. The van der Waals surface area contributed by atoms with E-state index >= 15 is 0 Å². The van der Waals surface area contributed by atoms with E-state index < -0.39 is 0 Å². The lowest BCUT2D eigenvalue weighted by Gasteiger charge is -2.45. The average molecular weight is 296 g/mol. The van der Waals surface area contributed by atoms with Gasteiger partial charge >= 0.3 is 0 Å². The maximum Gasteiger partial charge on any atom is 0.0810 e. The summed E-state index contributed by atoms with van der Waals surface area (Å²) < 4.78 is 6.69. The van der Waals surface area contributed by atoms with Crippen molar-refractivity contribution >= 4 is 0 Å². The van der Waals surface area contributed by atoms with E-state index in [0.717, 1.165) is 12.5 Å². The minimum atomic E-state index is 0.112. The van der Waals surface area contributed by atoms with Crippen LogP contribution in [-0.4, -0.2) is 24.3 Å². The van der Waals surface area contributed by atoms with Crippen LogP contribution in [0.4, 0.5) is 0 Å². The predicted molar refractivity (Wildman–Crippen MR) is 90.6 cm³/mol. The first kappa shape index (κ1) is 17.3. The molecule has 2 heteroatoms. The Hall–Kier alpha value is -0.0800. The van der Waals surface area contributed by atoms with Crippen molar-refractivity contribution in [1.82, 2.24) is 5.32 Å². The Morgan fingerprint density at radius 1 is 1.05 bits per heavy atom. The third-order valence-corrected chi connectivity index (χ3v) is 5.67. The fourth-order valence-electron chi connectivity index (χ4n) is 4.10. The van der Waals surface area contributed by atoms with Gasteiger partial charge in [-0.15, -0.1) is 0 Å². The molecule has 0 aromatic heterocycles. The molecule has 2 aliphatic rings. The summed E-state index contributed by atoms with van der Waals surface area (Å²) in [7, 11) is 0. The lowest BCUT2D eigenvalue weighted by molar-refractivity contribution is -0.121. The molecule has 2 saturated carbocycles. The third kappa shape index (κ3) is 4.96. The summed E-state index contributed by atoms with van der Waals surface area (Å²) in [5.74, 6) is 0.858. The molecular weight excluding hydrogens is 258 g/mol. The highest BCUT2D eigenvalue weighted by Crippen LogP contribution is 2.44. The molecule has 2 nitrogen and oxygen atoms in total. The van der Waals surface area contributed by atoms with Crippen LogP contribution in [0.25, 0.3) is 0 Å². The van der Waals surface area contributed by atoms with Crippen LogP contribution in [0.15, 0.2) is 0 Å². The number of ether oxygens (including phenoxy) is 1. The van der Waals surface area contributed by atoms with Gasteiger partial charge in [0.1, 0.15) is 0 Å². The largest absolute Gasteiger partial charge is 0.370 e. The molecule has 0 aromatic rings. The molecular formula is C19H37NO. The van der Waals surface area contributed by atoms with Crippen LogP contribution in [0.3, 0.4) is 0 Å². The Morgan fingerprint density at radius 2 is 1.62 bits per heavy atom. The minimum Gasteiger partial charge on any atom is -0.370 e. The molecule has 0 bridgehead atoms. The van der Waals surface area contributed by atoms with Crippen LogP contribution in [0.1, 0.15) is 86.0 Å². The summed E-state index contributed by atoms with van der Waals surface area (Å²) in [5, 5.41) is 3.66. The molecule has 0 radical (unpaired) electrons. The van der Waals surface area contributed by atoms with Gasteiger partial charge in [-0.05, 0) is 49.9 Å². The van der Waals surface area contributed by atoms with Gasteiger partial charge in [-0.2, -0.15) is 0 Å². The van der Waals surface area contributed by atoms with E-state index in [4.69, 9.17) is 4.74 Å². The Balaban J connectivity index is 1.96. The SMILES string of the molecule is CC(C)NCC1(OC2CCCC2)CCC(C(C)(C)C)CC1. The normalized spacial score (nSPS) is 32.0. The van der Waals surface area contributed by atoms with Gasteiger partial charge in [0.15, 0.2) is 0 Å². The van der Waals surface area contributed by atoms with Crippen LogP contribution >= 0.6 is 0 Å². The molecule has 2 fully saturated rings. The Labute approximate surface area is 132 Å². The molecule has 0 aliphatic heterocycles. The molecule has 2 aliphatic carbocycles. The minimum absolute atomic E-state index is 0.112. The topological polar surface area (TPSA) is 21.3 Å². The number of hydrogen-bond acceptors (Lipinski definition) is 2. The molecule has 0 aromatic carbocycles. The van der Waals surface area contributed by atoms with Gasteiger partial charge in [0.2, 0.25) is 0 Å². The molecule has 124 valence electrons. The number of nitrogens with one attached hydrogen (secondary N) is 1. The molecule has 1 N–H and O–H groups in total. The van der Waals surface area contributed by atoms with E-state index in [0.29, 0.717) is 17.6 Å². The molecule has 0 amide bonds. The van der Waals surface area contributed by atoms with Crippen LogP contribution in [0.5, 0.6) is 0 Å². The van der Waals surface area contributed by atoms with E-state index in [9.17, 15) is 0 Å². The first-order valence-corrected chi connectivity index (χ1v) is 9.22. The Morgan fingerprint density at radius 3 is 2.10 bits per heavy atom. The maximum absolute atomic E-state index is 6.69. The molecule has 0 atom stereocenters. The summed E-state index contributed by atoms with van der Waals surface area (Å²) in [6.45, 7) is 12.7. The second kappa shape index (κ2) is 7.00. The molecule has 0 unspecified atom stereocenters. The Kier molecular flexibility index (Phi) is 5.76. The van der Waals surface area contributed by atoms with E-state index in [2.05, 4.69) is 39.9 Å². The van der Waals surface area contributed by atoms with E-state index in [1.165, 1.54) is 51.4 Å². The number of hydrogen-bond donors (Lipinski definition) is 1. The fraction of sp³-hybridized carbons (Fsp3) is 1.00. The number of rotatable bonds is 5. The van der Waals surface area contributed by atoms with Crippen molar-refractivity contribution in [1.29, 1.82) is 0 Å². The van der Waals surface area contributed by atoms with Gasteiger partial charge in [0.25, 0.3) is 0 Å². The second-order valence-electron chi connectivity index (χ2n) is 8.88. The van der Waals surface area contributed by atoms with Gasteiger partial charge in [-0.1, -0.05) is 47.5 Å². The molecule has 0 saturated heterocycles. The lowest BCUT2D eigenvalue weighted by atomic mass is 9.68. The summed E-state index contributed by atoms with van der Waals surface area (Å²) in [5.41, 5.74) is 0.562. The van der Waals surface area contributed by atoms with E-state index in [1.807, 2.05) is 0 Å². The van der Waals surface area contributed by atoms with Gasteiger partial charge in [-0.3, -0.25) is 0 Å². The first-order chi connectivity index (χ1) is 9.81. The van der Waals surface area contributed by atoms with Crippen LogP contribution in [0, 0.1) is 11.3 Å². The fourth-order valence-corrected chi connectivity index (χ4v) is 4.10. The smallest absolute Gasteiger partial charge is 0.0810 e. The maximum atomic E-state index is 6.69. The zero-order chi connectivity index (χ0) is 15.5. The van der Waals surface area contributed by atoms with Gasteiger partial charge in [0, 0.05) is 12.6 Å².